The van der Waals surface area contributed by atoms with Gasteiger partial charge < -0.3 is 0 Å². The normalized spacial score (nSPS) is 30.3. The van der Waals surface area contributed by atoms with Crippen LogP contribution >= 0.6 is 0 Å². The van der Waals surface area contributed by atoms with Crippen molar-refractivity contribution in [3.63, 3.8) is 0 Å². The van der Waals surface area contributed by atoms with Gasteiger partial charge in [0.2, 0.25) is 0 Å². The van der Waals surface area contributed by atoms with E-state index in [1.165, 1.54) is 0 Å². The molecule has 1 aromatic carbocycles. The van der Waals surface area contributed by atoms with Crippen molar-refractivity contribution < 1.29 is 8.94 Å². The molecule has 76 valence electrons. The van der Waals surface area contributed by atoms with E-state index in [2.05, 4.69) is 0 Å². The third kappa shape index (κ3) is 1.36. The van der Waals surface area contributed by atoms with E-state index in [0.29, 0.717) is 11.7 Å². The van der Waals surface area contributed by atoms with E-state index in [1.54, 1.807) is 0 Å². The summed E-state index contributed by atoms with van der Waals surface area (Å²) in [7, 11) is 0. The van der Waals surface area contributed by atoms with Crippen LogP contribution in [0.2, 0.25) is 0 Å². The van der Waals surface area contributed by atoms with Crippen molar-refractivity contribution in [2.24, 2.45) is 0 Å². The summed E-state index contributed by atoms with van der Waals surface area (Å²) >= 11 is -2.14. The van der Waals surface area contributed by atoms with Gasteiger partial charge in [-0.2, -0.15) is 0 Å². The van der Waals surface area contributed by atoms with Gasteiger partial charge >= 0.3 is 87.8 Å². The van der Waals surface area contributed by atoms with Crippen LogP contribution in [0.3, 0.4) is 0 Å². The van der Waals surface area contributed by atoms with Crippen molar-refractivity contribution in [2.45, 2.75) is 29.6 Å². The molecule has 1 aliphatic heterocycles. The Hall–Kier alpha value is -0.501. The van der Waals surface area contributed by atoms with Crippen LogP contribution in [0.25, 0.3) is 0 Å². The molecule has 2 atom stereocenters. The topological polar surface area (TPSA) is 37.3 Å². The number of benzene rings is 1. The molecule has 3 heteroatoms. The SMILES string of the molecule is CCCC1(O)c2ccccc2C[Se]1=O. The Morgan fingerprint density at radius 2 is 2.21 bits per heavy atom. The van der Waals surface area contributed by atoms with Gasteiger partial charge in [0.1, 0.15) is 0 Å². The molecule has 2 unspecified atom stereocenters. The molecule has 0 aliphatic carbocycles. The monoisotopic (exact) mass is 258 g/mol. The van der Waals surface area contributed by atoms with Crippen LogP contribution in [0.5, 0.6) is 0 Å². The van der Waals surface area contributed by atoms with Gasteiger partial charge in [0.05, 0.1) is 0 Å². The van der Waals surface area contributed by atoms with E-state index in [0.717, 1.165) is 17.5 Å². The summed E-state index contributed by atoms with van der Waals surface area (Å²) in [4.78, 5) is 0. The Morgan fingerprint density at radius 3 is 2.93 bits per heavy atom. The summed E-state index contributed by atoms with van der Waals surface area (Å²) in [6, 6.07) is 7.73. The first kappa shape index (κ1) is 10.0. The van der Waals surface area contributed by atoms with Gasteiger partial charge in [-0.3, -0.25) is 0 Å². The molecule has 0 spiro atoms. The third-order valence-corrected chi connectivity index (χ3v) is 6.36. The van der Waals surface area contributed by atoms with Gasteiger partial charge in [0, 0.05) is 0 Å². The molecule has 2 rings (SSSR count). The molecular formula is C11H14O2Se. The van der Waals surface area contributed by atoms with Crippen molar-refractivity contribution in [1.82, 2.24) is 0 Å². The molecule has 1 aromatic rings. The fourth-order valence-corrected chi connectivity index (χ4v) is 5.46. The second-order valence-electron chi connectivity index (χ2n) is 3.68. The van der Waals surface area contributed by atoms with Crippen LogP contribution in [0.15, 0.2) is 24.3 Å². The molecule has 0 aromatic heterocycles. The van der Waals surface area contributed by atoms with Gasteiger partial charge in [-0.1, -0.05) is 0 Å². The predicted octanol–water partition coefficient (Wildman–Crippen LogP) is 1.73. The summed E-state index contributed by atoms with van der Waals surface area (Å²) in [5, 5.41) is 10.9. The van der Waals surface area contributed by atoms with Gasteiger partial charge in [-0.05, 0) is 0 Å². The number of fused-ring (bicyclic) bond motifs is 1. The first-order chi connectivity index (χ1) is 6.68. The van der Waals surface area contributed by atoms with Crippen molar-refractivity contribution in [1.29, 1.82) is 0 Å². The first-order valence-corrected chi connectivity index (χ1v) is 7.64. The second-order valence-corrected chi connectivity index (χ2v) is 7.15. The Kier molecular flexibility index (Phi) is 2.56. The minimum atomic E-state index is -2.14. The van der Waals surface area contributed by atoms with Gasteiger partial charge in [-0.25, -0.2) is 0 Å². The summed E-state index contributed by atoms with van der Waals surface area (Å²) in [5.74, 6) is 0. The van der Waals surface area contributed by atoms with E-state index in [4.69, 9.17) is 0 Å². The summed E-state index contributed by atoms with van der Waals surface area (Å²) in [5.41, 5.74) is 1.98. The van der Waals surface area contributed by atoms with E-state index < -0.39 is 18.3 Å². The average molecular weight is 257 g/mol. The molecule has 1 heterocycles. The summed E-state index contributed by atoms with van der Waals surface area (Å²) < 4.78 is 10.9. The van der Waals surface area contributed by atoms with Crippen LogP contribution in [0.1, 0.15) is 30.9 Å². The van der Waals surface area contributed by atoms with Gasteiger partial charge in [0.25, 0.3) is 0 Å². The predicted molar refractivity (Wildman–Crippen MR) is 55.4 cm³/mol. The zero-order valence-electron chi connectivity index (χ0n) is 8.19. The number of hydrogen-bond donors (Lipinski definition) is 1. The summed E-state index contributed by atoms with van der Waals surface area (Å²) in [6.07, 6.45) is 1.49. The fraction of sp³-hybridized carbons (Fsp3) is 0.455. The van der Waals surface area contributed by atoms with Crippen molar-refractivity contribution in [2.75, 3.05) is 0 Å². The third-order valence-electron chi connectivity index (χ3n) is 2.69. The Bertz CT molecular complexity index is 375. The van der Waals surface area contributed by atoms with E-state index >= 15 is 0 Å². The maximum atomic E-state index is 11.9. The van der Waals surface area contributed by atoms with Crippen LogP contribution in [-0.4, -0.2) is 18.9 Å². The zero-order chi connectivity index (χ0) is 10.2. The van der Waals surface area contributed by atoms with Crippen LogP contribution in [0.4, 0.5) is 0 Å². The van der Waals surface area contributed by atoms with Crippen molar-refractivity contribution in [3.05, 3.63) is 35.4 Å². The van der Waals surface area contributed by atoms with E-state index in [9.17, 15) is 8.94 Å². The van der Waals surface area contributed by atoms with Gasteiger partial charge in [-0.15, -0.1) is 0 Å². The molecule has 2 nitrogen and oxygen atoms in total. The molecule has 1 aliphatic rings. The van der Waals surface area contributed by atoms with Crippen molar-refractivity contribution >= 4 is 13.8 Å². The Morgan fingerprint density at radius 1 is 1.50 bits per heavy atom. The van der Waals surface area contributed by atoms with Crippen molar-refractivity contribution in [3.8, 4) is 0 Å². The molecule has 0 saturated heterocycles. The molecule has 0 radical (unpaired) electrons. The van der Waals surface area contributed by atoms with Gasteiger partial charge in [0.15, 0.2) is 0 Å². The molecule has 0 bridgehead atoms. The molecule has 0 saturated carbocycles. The maximum absolute atomic E-state index is 11.9. The number of rotatable bonds is 2. The van der Waals surface area contributed by atoms with Crippen LogP contribution in [-0.2, 0) is 13.7 Å². The molecule has 14 heavy (non-hydrogen) atoms. The Labute approximate surface area is 88.0 Å². The standard InChI is InChI=1S/C11H14O2Se/c1-2-7-11(12)10-6-4-3-5-9(10)8-14(11)13/h3-6,12H,2,7-8H2,1H3. The molecule has 0 amide bonds. The van der Waals surface area contributed by atoms with E-state index in [-0.39, 0.29) is 0 Å². The molecular weight excluding hydrogens is 243 g/mol. The first-order valence-electron chi connectivity index (χ1n) is 4.87. The molecule has 0 fully saturated rings. The molecule has 1 N–H and O–H groups in total. The average Bonchev–Trinajstić information content (AvgIpc) is 2.41. The summed E-state index contributed by atoms with van der Waals surface area (Å²) in [6.45, 7) is 2.01. The number of hydrogen-bond acceptors (Lipinski definition) is 2. The quantitative estimate of drug-likeness (QED) is 0.819. The second kappa shape index (κ2) is 3.58. The zero-order valence-corrected chi connectivity index (χ0v) is 9.91. The minimum absolute atomic E-state index is 0.590. The number of aliphatic hydroxyl groups is 1. The van der Waals surface area contributed by atoms with Crippen LogP contribution < -0.4 is 0 Å². The Balaban J connectivity index is 2.48. The fourth-order valence-electron chi connectivity index (χ4n) is 2.00. The van der Waals surface area contributed by atoms with E-state index in [1.807, 2.05) is 31.2 Å². The van der Waals surface area contributed by atoms with Crippen LogP contribution in [0, 0.1) is 0 Å².